The van der Waals surface area contributed by atoms with E-state index < -0.39 is 0 Å². The molecule has 0 amide bonds. The molecule has 2 aromatic carbocycles. The lowest BCUT2D eigenvalue weighted by atomic mass is 10.0. The molecule has 3 nitrogen and oxygen atoms in total. The maximum Gasteiger partial charge on any atom is 0.336 e. The van der Waals surface area contributed by atoms with Crippen LogP contribution in [0.4, 0.5) is 5.69 Å². The summed E-state index contributed by atoms with van der Waals surface area (Å²) in [6.07, 6.45) is 0. The smallest absolute Gasteiger partial charge is 0.336 e. The standard InChI is InChI=1S/C18H16ClNO2/c1-11-6-7-16-13(8-17(21)22-18(16)12(11)2)10-20-15-5-3-4-14(19)9-15/h3-9,20H,10H2,1-2H3. The average Bonchev–Trinajstić information content (AvgIpc) is 2.49. The Hall–Kier alpha value is -2.26. The third-order valence-corrected chi connectivity index (χ3v) is 4.06. The molecule has 22 heavy (non-hydrogen) atoms. The lowest BCUT2D eigenvalue weighted by molar-refractivity contribution is 0.556. The van der Waals surface area contributed by atoms with Gasteiger partial charge in [0.15, 0.2) is 0 Å². The summed E-state index contributed by atoms with van der Waals surface area (Å²) in [6, 6.07) is 13.1. The van der Waals surface area contributed by atoms with Crippen LogP contribution >= 0.6 is 11.6 Å². The van der Waals surface area contributed by atoms with Crippen molar-refractivity contribution < 1.29 is 4.42 Å². The molecule has 1 heterocycles. The highest BCUT2D eigenvalue weighted by Crippen LogP contribution is 2.24. The lowest BCUT2D eigenvalue weighted by Gasteiger charge is -2.11. The second-order valence-electron chi connectivity index (χ2n) is 5.34. The average molecular weight is 314 g/mol. The van der Waals surface area contributed by atoms with E-state index in [4.69, 9.17) is 16.0 Å². The van der Waals surface area contributed by atoms with Crippen LogP contribution in [-0.4, -0.2) is 0 Å². The molecule has 1 aromatic heterocycles. The molecule has 0 atom stereocenters. The third kappa shape index (κ3) is 2.85. The fourth-order valence-corrected chi connectivity index (χ4v) is 2.66. The summed E-state index contributed by atoms with van der Waals surface area (Å²) in [4.78, 5) is 11.8. The molecule has 4 heteroatoms. The number of halogens is 1. The number of rotatable bonds is 3. The Balaban J connectivity index is 2.00. The molecule has 0 saturated carbocycles. The zero-order chi connectivity index (χ0) is 15.7. The van der Waals surface area contributed by atoms with Crippen molar-refractivity contribution in [2.24, 2.45) is 0 Å². The first-order valence-corrected chi connectivity index (χ1v) is 7.45. The van der Waals surface area contributed by atoms with Crippen LogP contribution in [0, 0.1) is 13.8 Å². The van der Waals surface area contributed by atoms with Crippen molar-refractivity contribution >= 4 is 28.3 Å². The van der Waals surface area contributed by atoms with Gasteiger partial charge in [-0.25, -0.2) is 4.79 Å². The summed E-state index contributed by atoms with van der Waals surface area (Å²) in [5.41, 5.74) is 4.27. The summed E-state index contributed by atoms with van der Waals surface area (Å²) < 4.78 is 5.38. The van der Waals surface area contributed by atoms with Crippen LogP contribution in [0.3, 0.4) is 0 Å². The molecule has 0 aliphatic rings. The van der Waals surface area contributed by atoms with Crippen LogP contribution < -0.4 is 10.9 Å². The minimum absolute atomic E-state index is 0.330. The molecule has 0 radical (unpaired) electrons. The van der Waals surface area contributed by atoms with E-state index in [0.717, 1.165) is 27.8 Å². The molecule has 1 N–H and O–H groups in total. The Labute approximate surface area is 133 Å². The van der Waals surface area contributed by atoms with Crippen molar-refractivity contribution in [1.29, 1.82) is 0 Å². The van der Waals surface area contributed by atoms with E-state index in [1.807, 2.05) is 50.2 Å². The van der Waals surface area contributed by atoms with Crippen LogP contribution in [0.15, 0.2) is 51.7 Å². The Bertz CT molecular complexity index is 899. The second-order valence-corrected chi connectivity index (χ2v) is 5.78. The van der Waals surface area contributed by atoms with Gasteiger partial charge in [0.2, 0.25) is 0 Å². The van der Waals surface area contributed by atoms with Gasteiger partial charge in [-0.15, -0.1) is 0 Å². The van der Waals surface area contributed by atoms with Gasteiger partial charge in [-0.05, 0) is 48.7 Å². The first-order chi connectivity index (χ1) is 10.5. The molecule has 112 valence electrons. The van der Waals surface area contributed by atoms with Crippen LogP contribution in [-0.2, 0) is 6.54 Å². The maximum absolute atomic E-state index is 11.8. The summed E-state index contributed by atoms with van der Waals surface area (Å²) in [6.45, 7) is 4.51. The summed E-state index contributed by atoms with van der Waals surface area (Å²) in [5, 5.41) is 4.92. The van der Waals surface area contributed by atoms with Crippen molar-refractivity contribution in [3.63, 3.8) is 0 Å². The molecule has 0 aliphatic carbocycles. The van der Waals surface area contributed by atoms with E-state index in [9.17, 15) is 4.79 Å². The van der Waals surface area contributed by atoms with Crippen molar-refractivity contribution in [3.05, 3.63) is 74.6 Å². The fourth-order valence-electron chi connectivity index (χ4n) is 2.47. The van der Waals surface area contributed by atoms with E-state index in [-0.39, 0.29) is 5.63 Å². The Morgan fingerprint density at radius 2 is 1.95 bits per heavy atom. The number of nitrogens with one attached hydrogen (secondary N) is 1. The topological polar surface area (TPSA) is 42.2 Å². The van der Waals surface area contributed by atoms with Crippen molar-refractivity contribution in [3.8, 4) is 0 Å². The van der Waals surface area contributed by atoms with Gasteiger partial charge >= 0.3 is 5.63 Å². The van der Waals surface area contributed by atoms with Crippen molar-refractivity contribution in [2.75, 3.05) is 5.32 Å². The first-order valence-electron chi connectivity index (χ1n) is 7.07. The lowest BCUT2D eigenvalue weighted by Crippen LogP contribution is -2.06. The molecular weight excluding hydrogens is 298 g/mol. The predicted molar refractivity (Wildman–Crippen MR) is 90.7 cm³/mol. The van der Waals surface area contributed by atoms with Crippen LogP contribution in [0.2, 0.25) is 5.02 Å². The monoisotopic (exact) mass is 313 g/mol. The zero-order valence-corrected chi connectivity index (χ0v) is 13.2. The molecular formula is C18H16ClNO2. The highest BCUT2D eigenvalue weighted by molar-refractivity contribution is 6.30. The molecule has 0 aliphatic heterocycles. The fraction of sp³-hybridized carbons (Fsp3) is 0.167. The number of hydrogen-bond donors (Lipinski definition) is 1. The van der Waals surface area contributed by atoms with E-state index >= 15 is 0 Å². The van der Waals surface area contributed by atoms with E-state index in [2.05, 4.69) is 5.32 Å². The quantitative estimate of drug-likeness (QED) is 0.714. The first kappa shape index (κ1) is 14.7. The normalized spacial score (nSPS) is 10.9. The van der Waals surface area contributed by atoms with E-state index in [0.29, 0.717) is 17.2 Å². The Kier molecular flexibility index (Phi) is 3.90. The van der Waals surface area contributed by atoms with Gasteiger partial charge in [0.25, 0.3) is 0 Å². The summed E-state index contributed by atoms with van der Waals surface area (Å²) in [5.74, 6) is 0. The second kappa shape index (κ2) is 5.85. The Morgan fingerprint density at radius 1 is 1.14 bits per heavy atom. The van der Waals surface area contributed by atoms with Gasteiger partial charge in [0.05, 0.1) is 0 Å². The number of anilines is 1. The highest BCUT2D eigenvalue weighted by Gasteiger charge is 2.09. The summed E-state index contributed by atoms with van der Waals surface area (Å²) >= 11 is 5.98. The van der Waals surface area contributed by atoms with Crippen LogP contribution in [0.25, 0.3) is 11.0 Å². The third-order valence-electron chi connectivity index (χ3n) is 3.82. The van der Waals surface area contributed by atoms with Gasteiger partial charge in [-0.3, -0.25) is 0 Å². The van der Waals surface area contributed by atoms with Crippen LogP contribution in [0.1, 0.15) is 16.7 Å². The molecule has 0 bridgehead atoms. The van der Waals surface area contributed by atoms with Gasteiger partial charge in [-0.2, -0.15) is 0 Å². The number of fused-ring (bicyclic) bond motifs is 1. The SMILES string of the molecule is Cc1ccc2c(CNc3cccc(Cl)c3)cc(=O)oc2c1C. The zero-order valence-electron chi connectivity index (χ0n) is 12.4. The van der Waals surface area contributed by atoms with E-state index in [1.165, 1.54) is 6.07 Å². The minimum Gasteiger partial charge on any atom is -0.422 e. The molecule has 0 unspecified atom stereocenters. The highest BCUT2D eigenvalue weighted by atomic mass is 35.5. The number of aryl methyl sites for hydroxylation is 2. The predicted octanol–water partition coefficient (Wildman–Crippen LogP) is 4.68. The van der Waals surface area contributed by atoms with Gasteiger partial charge in [0.1, 0.15) is 5.58 Å². The molecule has 0 fully saturated rings. The molecule has 0 spiro atoms. The van der Waals surface area contributed by atoms with Crippen molar-refractivity contribution in [2.45, 2.75) is 20.4 Å². The number of hydrogen-bond acceptors (Lipinski definition) is 3. The minimum atomic E-state index is -0.330. The summed E-state index contributed by atoms with van der Waals surface area (Å²) in [7, 11) is 0. The van der Waals surface area contributed by atoms with Crippen molar-refractivity contribution in [1.82, 2.24) is 0 Å². The van der Waals surface area contributed by atoms with Gasteiger partial charge in [0, 0.05) is 28.7 Å². The maximum atomic E-state index is 11.8. The van der Waals surface area contributed by atoms with E-state index in [1.54, 1.807) is 0 Å². The number of benzene rings is 2. The van der Waals surface area contributed by atoms with Gasteiger partial charge < -0.3 is 9.73 Å². The molecule has 3 aromatic rings. The molecule has 3 rings (SSSR count). The van der Waals surface area contributed by atoms with Gasteiger partial charge in [-0.1, -0.05) is 29.8 Å². The molecule has 0 saturated heterocycles. The largest absolute Gasteiger partial charge is 0.422 e. The van der Waals surface area contributed by atoms with Crippen LogP contribution in [0.5, 0.6) is 0 Å². The Morgan fingerprint density at radius 3 is 2.73 bits per heavy atom.